The zero-order chi connectivity index (χ0) is 32.8. The van der Waals surface area contributed by atoms with Gasteiger partial charge in [-0.05, 0) is 117 Å². The van der Waals surface area contributed by atoms with E-state index in [0.717, 1.165) is 47.6 Å². The molecule has 8 heteroatoms. The van der Waals surface area contributed by atoms with Gasteiger partial charge in [0.2, 0.25) is 5.91 Å². The largest absolute Gasteiger partial charge is 0.496 e. The molecule has 0 radical (unpaired) electrons. The Balaban J connectivity index is 1.15. The molecule has 2 saturated carbocycles. The number of carbonyl (C=O) groups is 2. The first-order valence-electron chi connectivity index (χ1n) is 16.7. The molecule has 1 aromatic heterocycles. The van der Waals surface area contributed by atoms with Crippen LogP contribution in [0.4, 0.5) is 5.69 Å². The highest BCUT2D eigenvalue weighted by Gasteiger charge is 2.34. The van der Waals surface area contributed by atoms with Crippen molar-refractivity contribution in [2.45, 2.75) is 70.3 Å². The number of anilines is 1. The van der Waals surface area contributed by atoms with E-state index in [1.807, 2.05) is 35.4 Å². The summed E-state index contributed by atoms with van der Waals surface area (Å²) in [6, 6.07) is 23.9. The van der Waals surface area contributed by atoms with E-state index in [1.165, 1.54) is 22.5 Å². The molecule has 2 aliphatic rings. The number of hydrogen-bond acceptors (Lipinski definition) is 7. The number of amides is 1. The number of ether oxygens (including phenoxy) is 3. The maximum atomic E-state index is 14.4. The van der Waals surface area contributed by atoms with Gasteiger partial charge in [0.15, 0.2) is 0 Å². The van der Waals surface area contributed by atoms with Gasteiger partial charge >= 0.3 is 5.97 Å². The van der Waals surface area contributed by atoms with Crippen LogP contribution in [0.25, 0.3) is 10.4 Å². The van der Waals surface area contributed by atoms with Crippen LogP contribution < -0.4 is 14.4 Å². The van der Waals surface area contributed by atoms with Crippen LogP contribution in [-0.4, -0.2) is 43.7 Å². The number of thiazole rings is 1. The molecule has 0 aliphatic heterocycles. The Kier molecular flexibility index (Phi) is 10.6. The van der Waals surface area contributed by atoms with E-state index in [0.29, 0.717) is 54.8 Å². The minimum atomic E-state index is -0.293. The highest BCUT2D eigenvalue weighted by atomic mass is 32.1. The van der Waals surface area contributed by atoms with Crippen molar-refractivity contribution in [1.82, 2.24) is 4.98 Å². The van der Waals surface area contributed by atoms with Crippen LogP contribution >= 0.6 is 11.3 Å². The second-order valence-electron chi connectivity index (χ2n) is 12.9. The molecule has 2 aliphatic carbocycles. The van der Waals surface area contributed by atoms with Crippen LogP contribution in [0.15, 0.2) is 79.0 Å². The van der Waals surface area contributed by atoms with Crippen LogP contribution in [0.3, 0.4) is 0 Å². The van der Waals surface area contributed by atoms with Gasteiger partial charge < -0.3 is 19.1 Å². The van der Waals surface area contributed by atoms with E-state index in [4.69, 9.17) is 14.2 Å². The maximum absolute atomic E-state index is 14.4. The maximum Gasteiger partial charge on any atom is 0.338 e. The lowest BCUT2D eigenvalue weighted by Crippen LogP contribution is -2.42. The third-order valence-corrected chi connectivity index (χ3v) is 10.9. The average molecular weight is 653 g/mol. The Morgan fingerprint density at radius 3 is 2.30 bits per heavy atom. The summed E-state index contributed by atoms with van der Waals surface area (Å²) in [4.78, 5) is 34.4. The molecule has 47 heavy (non-hydrogen) atoms. The summed E-state index contributed by atoms with van der Waals surface area (Å²) in [5, 5.41) is 0.617. The third-order valence-electron chi connectivity index (χ3n) is 9.85. The molecule has 0 spiro atoms. The van der Waals surface area contributed by atoms with Crippen molar-refractivity contribution < 1.29 is 23.8 Å². The van der Waals surface area contributed by atoms with Gasteiger partial charge in [-0.15, -0.1) is 0 Å². The Bertz CT molecular complexity index is 1650. The monoisotopic (exact) mass is 652 g/mol. The number of benzene rings is 3. The van der Waals surface area contributed by atoms with Gasteiger partial charge in [0.25, 0.3) is 5.19 Å². The summed E-state index contributed by atoms with van der Waals surface area (Å²) in [6.07, 6.45) is 8.83. The smallest absolute Gasteiger partial charge is 0.338 e. The molecule has 3 aromatic carbocycles. The summed E-state index contributed by atoms with van der Waals surface area (Å²) in [6.45, 7) is 2.81. The SMILES string of the molecule is COc1ncc(-c2cccc(N(CC3CCC(c4ccc(OC)c(C)c4)CC3)C(=O)C3CCC(OC(=O)c4ccccc4)CC3)c2)s1. The quantitative estimate of drug-likeness (QED) is 0.159. The van der Waals surface area contributed by atoms with Crippen molar-refractivity contribution in [2.75, 3.05) is 25.7 Å². The molecule has 0 saturated heterocycles. The van der Waals surface area contributed by atoms with Crippen molar-refractivity contribution in [3.8, 4) is 21.4 Å². The van der Waals surface area contributed by atoms with Crippen molar-refractivity contribution >= 4 is 28.9 Å². The van der Waals surface area contributed by atoms with E-state index >= 15 is 0 Å². The molecule has 7 nitrogen and oxygen atoms in total. The molecule has 0 N–H and O–H groups in total. The van der Waals surface area contributed by atoms with E-state index in [1.54, 1.807) is 26.4 Å². The topological polar surface area (TPSA) is 78.0 Å². The van der Waals surface area contributed by atoms with Crippen molar-refractivity contribution in [3.63, 3.8) is 0 Å². The van der Waals surface area contributed by atoms with Gasteiger partial charge in [-0.25, -0.2) is 9.78 Å². The summed E-state index contributed by atoms with van der Waals surface area (Å²) in [7, 11) is 3.35. The summed E-state index contributed by atoms with van der Waals surface area (Å²) in [5.74, 6) is 1.65. The standard InChI is InChI=1S/C39H44N2O5S/c1-26-22-31(18-21-35(26)44-2)28-14-12-27(13-15-28)25-41(33-11-7-10-32(23-33)36-24-40-39(45-3)47-36)37(42)29-16-19-34(20-17-29)46-38(43)30-8-5-4-6-9-30/h4-11,18,21-24,27-29,34H,12-17,19-20,25H2,1-3H3. The first kappa shape index (κ1) is 32.8. The van der Waals surface area contributed by atoms with Crippen LogP contribution in [0.1, 0.15) is 78.8 Å². The van der Waals surface area contributed by atoms with Gasteiger partial charge in [-0.1, -0.05) is 53.8 Å². The average Bonchev–Trinajstić information content (AvgIpc) is 3.61. The van der Waals surface area contributed by atoms with E-state index in [-0.39, 0.29) is 23.9 Å². The van der Waals surface area contributed by atoms with E-state index in [2.05, 4.69) is 48.3 Å². The highest BCUT2D eigenvalue weighted by molar-refractivity contribution is 7.16. The molecule has 0 bridgehead atoms. The van der Waals surface area contributed by atoms with Gasteiger partial charge in [-0.3, -0.25) is 4.79 Å². The number of carbonyl (C=O) groups excluding carboxylic acids is 2. The van der Waals surface area contributed by atoms with Gasteiger partial charge in [0.1, 0.15) is 11.9 Å². The number of aryl methyl sites for hydroxylation is 1. The zero-order valence-corrected chi connectivity index (χ0v) is 28.3. The van der Waals surface area contributed by atoms with Crippen molar-refractivity contribution in [1.29, 1.82) is 0 Å². The molecular formula is C39H44N2O5S. The molecule has 246 valence electrons. The van der Waals surface area contributed by atoms with Crippen LogP contribution in [0.2, 0.25) is 0 Å². The van der Waals surface area contributed by atoms with E-state index in [9.17, 15) is 9.59 Å². The summed E-state index contributed by atoms with van der Waals surface area (Å²) >= 11 is 1.50. The Morgan fingerprint density at radius 2 is 1.62 bits per heavy atom. The minimum Gasteiger partial charge on any atom is -0.496 e. The molecule has 0 atom stereocenters. The van der Waals surface area contributed by atoms with Gasteiger partial charge in [0.05, 0.1) is 24.7 Å². The number of nitrogens with zero attached hydrogens (tertiary/aromatic N) is 2. The number of esters is 1. The summed E-state index contributed by atoms with van der Waals surface area (Å²) in [5.41, 5.74) is 5.06. The summed E-state index contributed by atoms with van der Waals surface area (Å²) < 4.78 is 16.6. The normalized spacial score (nSPS) is 21.1. The molecule has 2 fully saturated rings. The molecule has 1 amide bonds. The first-order chi connectivity index (χ1) is 22.9. The third kappa shape index (κ3) is 7.87. The minimum absolute atomic E-state index is 0.104. The fourth-order valence-electron chi connectivity index (χ4n) is 7.17. The zero-order valence-electron chi connectivity index (χ0n) is 27.5. The highest BCUT2D eigenvalue weighted by Crippen LogP contribution is 2.40. The molecular weight excluding hydrogens is 609 g/mol. The Hall–Kier alpha value is -4.17. The molecule has 4 aromatic rings. The fraction of sp³-hybridized carbons (Fsp3) is 0.410. The second kappa shape index (κ2) is 15.2. The lowest BCUT2D eigenvalue weighted by Gasteiger charge is -2.36. The second-order valence-corrected chi connectivity index (χ2v) is 13.9. The van der Waals surface area contributed by atoms with Crippen molar-refractivity contribution in [3.05, 3.63) is 95.7 Å². The fourth-order valence-corrected chi connectivity index (χ4v) is 7.90. The van der Waals surface area contributed by atoms with Crippen LogP contribution in [0, 0.1) is 18.8 Å². The van der Waals surface area contributed by atoms with Gasteiger partial charge in [0, 0.05) is 24.3 Å². The van der Waals surface area contributed by atoms with Crippen molar-refractivity contribution in [2.24, 2.45) is 11.8 Å². The molecule has 1 heterocycles. The number of hydrogen-bond donors (Lipinski definition) is 0. The lowest BCUT2D eigenvalue weighted by atomic mass is 9.78. The van der Waals surface area contributed by atoms with Crippen LogP contribution in [0.5, 0.6) is 10.9 Å². The Morgan fingerprint density at radius 1 is 0.851 bits per heavy atom. The first-order valence-corrected chi connectivity index (χ1v) is 17.6. The van der Waals surface area contributed by atoms with Crippen LogP contribution in [-0.2, 0) is 9.53 Å². The number of rotatable bonds is 10. The van der Waals surface area contributed by atoms with E-state index < -0.39 is 0 Å². The Labute approximate surface area is 281 Å². The van der Waals surface area contributed by atoms with Gasteiger partial charge in [-0.2, -0.15) is 0 Å². The number of methoxy groups -OCH3 is 2. The molecule has 6 rings (SSSR count). The number of aromatic nitrogens is 1. The molecule has 0 unspecified atom stereocenters. The predicted octanol–water partition coefficient (Wildman–Crippen LogP) is 8.86. The lowest BCUT2D eigenvalue weighted by molar-refractivity contribution is -0.124. The predicted molar refractivity (Wildman–Crippen MR) is 186 cm³/mol.